The average molecular weight is 430 g/mol. The molecule has 2 heterocycles. The summed E-state index contributed by atoms with van der Waals surface area (Å²) >= 11 is 0. The molecule has 2 saturated heterocycles. The van der Waals surface area contributed by atoms with E-state index in [2.05, 4.69) is 0 Å². The molecule has 0 radical (unpaired) electrons. The number of esters is 1. The van der Waals surface area contributed by atoms with E-state index in [9.17, 15) is 25.2 Å². The van der Waals surface area contributed by atoms with E-state index in [0.717, 1.165) is 22.4 Å². The molecule has 5 atom stereocenters. The molecule has 2 aromatic carbocycles. The summed E-state index contributed by atoms with van der Waals surface area (Å²) in [6.45, 7) is 3.53. The highest BCUT2D eigenvalue weighted by Gasteiger charge is 2.72. The molecular formula is C23H26O8. The molecular weight excluding hydrogens is 404 g/mol. The summed E-state index contributed by atoms with van der Waals surface area (Å²) < 4.78 is 16.6. The molecule has 2 aliphatic rings. The van der Waals surface area contributed by atoms with E-state index in [4.69, 9.17) is 14.2 Å². The third kappa shape index (κ3) is 3.31. The standard InChI is InChI=1S/C23H26O8/c1-3-29-17-8-5-14(6-9-17)10-15-11-16(7-4-13(15)2)23-20(27)18(25)19(26)22(12-24,31-23)21(28)30-23/h4-9,11,18-20,24-27H,3,10,12H2,1-2H3/t18-,19-,20+,22+,23-/m0/s1. The van der Waals surface area contributed by atoms with Crippen molar-refractivity contribution in [2.75, 3.05) is 13.2 Å². The molecule has 8 heteroatoms. The van der Waals surface area contributed by atoms with E-state index in [1.54, 1.807) is 18.2 Å². The smallest absolute Gasteiger partial charge is 0.346 e. The van der Waals surface area contributed by atoms with Crippen LogP contribution in [0.2, 0.25) is 0 Å². The number of carbonyl (C=O) groups is 1. The molecule has 0 amide bonds. The molecule has 4 N–H and O–H groups in total. The monoisotopic (exact) mass is 430 g/mol. The topological polar surface area (TPSA) is 126 Å². The fourth-order valence-electron chi connectivity index (χ4n) is 4.18. The minimum atomic E-state index is -2.15. The van der Waals surface area contributed by atoms with Gasteiger partial charge in [0.25, 0.3) is 5.79 Å². The van der Waals surface area contributed by atoms with Crippen LogP contribution >= 0.6 is 0 Å². The van der Waals surface area contributed by atoms with Gasteiger partial charge in [-0.2, -0.15) is 0 Å². The predicted octanol–water partition coefficient (Wildman–Crippen LogP) is 0.538. The maximum Gasteiger partial charge on any atom is 0.346 e. The number of aryl methyl sites for hydroxylation is 1. The lowest BCUT2D eigenvalue weighted by Gasteiger charge is -2.43. The van der Waals surface area contributed by atoms with Crippen molar-refractivity contribution >= 4 is 5.97 Å². The highest BCUT2D eigenvalue weighted by atomic mass is 16.8. The summed E-state index contributed by atoms with van der Waals surface area (Å²) in [7, 11) is 0. The Balaban J connectivity index is 1.70. The first-order chi connectivity index (χ1) is 14.8. The first-order valence-electron chi connectivity index (χ1n) is 10.2. The van der Waals surface area contributed by atoms with E-state index in [1.165, 1.54) is 0 Å². The van der Waals surface area contributed by atoms with Gasteiger partial charge in [-0.25, -0.2) is 4.79 Å². The number of aliphatic hydroxyl groups excluding tert-OH is 4. The van der Waals surface area contributed by atoms with E-state index in [-0.39, 0.29) is 0 Å². The summed E-state index contributed by atoms with van der Waals surface area (Å²) in [5.41, 5.74) is 1.04. The molecule has 4 rings (SSSR count). The first-order valence-corrected chi connectivity index (χ1v) is 10.2. The third-order valence-electron chi connectivity index (χ3n) is 6.05. The van der Waals surface area contributed by atoms with E-state index in [0.29, 0.717) is 18.6 Å². The summed E-state index contributed by atoms with van der Waals surface area (Å²) in [6.07, 6.45) is -4.76. The summed E-state index contributed by atoms with van der Waals surface area (Å²) in [4.78, 5) is 12.5. The van der Waals surface area contributed by atoms with Crippen LogP contribution in [0.5, 0.6) is 5.75 Å². The second-order valence-corrected chi connectivity index (χ2v) is 7.98. The molecule has 0 saturated carbocycles. The molecule has 0 unspecified atom stereocenters. The Hall–Kier alpha value is -2.49. The summed E-state index contributed by atoms with van der Waals surface area (Å²) in [5, 5.41) is 41.1. The molecule has 166 valence electrons. The molecule has 2 aromatic rings. The van der Waals surface area contributed by atoms with Crippen molar-refractivity contribution < 1.29 is 39.4 Å². The number of ether oxygens (including phenoxy) is 3. The van der Waals surface area contributed by atoms with Gasteiger partial charge in [-0.15, -0.1) is 0 Å². The number of benzene rings is 2. The SMILES string of the molecule is CCOc1ccc(Cc2cc([C@]34OC(=O)[C@](CO)(O3)[C@@H](O)[C@H](O)[C@H]4O)ccc2C)cc1. The van der Waals surface area contributed by atoms with Crippen molar-refractivity contribution in [3.8, 4) is 5.75 Å². The van der Waals surface area contributed by atoms with Crippen molar-refractivity contribution in [2.45, 2.75) is 50.0 Å². The molecule has 8 nitrogen and oxygen atoms in total. The fraction of sp³-hybridized carbons (Fsp3) is 0.435. The van der Waals surface area contributed by atoms with Crippen molar-refractivity contribution in [3.63, 3.8) is 0 Å². The molecule has 2 aliphatic heterocycles. The van der Waals surface area contributed by atoms with Gasteiger partial charge in [0, 0.05) is 5.56 Å². The van der Waals surface area contributed by atoms with Crippen molar-refractivity contribution in [1.82, 2.24) is 0 Å². The second kappa shape index (κ2) is 7.89. The lowest BCUT2D eigenvalue weighted by atomic mass is 9.83. The number of rotatable bonds is 6. The molecule has 0 aliphatic carbocycles. The van der Waals surface area contributed by atoms with Crippen molar-refractivity contribution in [2.24, 2.45) is 0 Å². The van der Waals surface area contributed by atoms with Crippen LogP contribution in [-0.4, -0.2) is 63.5 Å². The lowest BCUT2D eigenvalue weighted by molar-refractivity contribution is -0.329. The molecule has 2 fully saturated rings. The van der Waals surface area contributed by atoms with E-state index >= 15 is 0 Å². The van der Waals surface area contributed by atoms with Crippen LogP contribution in [0.25, 0.3) is 0 Å². The van der Waals surface area contributed by atoms with Gasteiger partial charge >= 0.3 is 5.97 Å². The Morgan fingerprint density at radius 2 is 1.77 bits per heavy atom. The van der Waals surface area contributed by atoms with Crippen LogP contribution in [0.3, 0.4) is 0 Å². The largest absolute Gasteiger partial charge is 0.494 e. The number of carbonyl (C=O) groups excluding carboxylic acids is 1. The number of fused-ring (bicyclic) bond motifs is 2. The average Bonchev–Trinajstić information content (AvgIpc) is 3.06. The minimum Gasteiger partial charge on any atom is -0.494 e. The van der Waals surface area contributed by atoms with Gasteiger partial charge in [0.05, 0.1) is 13.2 Å². The summed E-state index contributed by atoms with van der Waals surface area (Å²) in [6, 6.07) is 12.8. The zero-order valence-electron chi connectivity index (χ0n) is 17.3. The molecule has 31 heavy (non-hydrogen) atoms. The van der Waals surface area contributed by atoms with Gasteiger partial charge in [-0.05, 0) is 55.2 Å². The van der Waals surface area contributed by atoms with Crippen LogP contribution < -0.4 is 4.74 Å². The van der Waals surface area contributed by atoms with Gasteiger partial charge in [-0.3, -0.25) is 0 Å². The molecule has 0 spiro atoms. The number of hydrogen-bond donors (Lipinski definition) is 4. The Labute approximate surface area is 179 Å². The normalized spacial score (nSPS) is 32.1. The Morgan fingerprint density at radius 1 is 1.06 bits per heavy atom. The number of hydrogen-bond acceptors (Lipinski definition) is 8. The molecule has 2 bridgehead atoms. The highest BCUT2D eigenvalue weighted by Crippen LogP contribution is 2.50. The van der Waals surface area contributed by atoms with Crippen molar-refractivity contribution in [3.05, 3.63) is 64.7 Å². The Morgan fingerprint density at radius 3 is 2.42 bits per heavy atom. The van der Waals surface area contributed by atoms with Gasteiger partial charge in [0.2, 0.25) is 5.60 Å². The Kier molecular flexibility index (Phi) is 5.53. The predicted molar refractivity (Wildman–Crippen MR) is 108 cm³/mol. The summed E-state index contributed by atoms with van der Waals surface area (Å²) in [5.74, 6) is -2.29. The van der Waals surface area contributed by atoms with E-state index in [1.807, 2.05) is 38.1 Å². The quantitative estimate of drug-likeness (QED) is 0.490. The maximum absolute atomic E-state index is 12.5. The zero-order valence-corrected chi connectivity index (χ0v) is 17.3. The second-order valence-electron chi connectivity index (χ2n) is 7.98. The molecule has 0 aromatic heterocycles. The zero-order chi connectivity index (χ0) is 22.4. The van der Waals surface area contributed by atoms with Crippen LogP contribution in [0.15, 0.2) is 42.5 Å². The maximum atomic E-state index is 12.5. The van der Waals surface area contributed by atoms with Gasteiger partial charge < -0.3 is 34.6 Å². The number of aliphatic hydroxyl groups is 4. The van der Waals surface area contributed by atoms with Crippen LogP contribution in [0, 0.1) is 6.92 Å². The third-order valence-corrected chi connectivity index (χ3v) is 6.05. The van der Waals surface area contributed by atoms with Crippen LogP contribution in [-0.2, 0) is 26.5 Å². The van der Waals surface area contributed by atoms with Gasteiger partial charge in [0.1, 0.15) is 18.0 Å². The highest BCUT2D eigenvalue weighted by molar-refractivity contribution is 5.84. The lowest BCUT2D eigenvalue weighted by Crippen LogP contribution is -2.66. The van der Waals surface area contributed by atoms with Crippen LogP contribution in [0.4, 0.5) is 0 Å². The Bertz CT molecular complexity index is 974. The van der Waals surface area contributed by atoms with Crippen LogP contribution in [0.1, 0.15) is 29.2 Å². The fourth-order valence-corrected chi connectivity index (χ4v) is 4.18. The van der Waals surface area contributed by atoms with Gasteiger partial charge in [-0.1, -0.05) is 24.3 Å². The van der Waals surface area contributed by atoms with Crippen molar-refractivity contribution in [1.29, 1.82) is 0 Å². The first kappa shape index (κ1) is 21.7. The van der Waals surface area contributed by atoms with E-state index < -0.39 is 42.3 Å². The minimum absolute atomic E-state index is 0.307. The van der Waals surface area contributed by atoms with Gasteiger partial charge in [0.15, 0.2) is 6.10 Å².